The van der Waals surface area contributed by atoms with Gasteiger partial charge in [0.2, 0.25) is 0 Å². The van der Waals surface area contributed by atoms with Gasteiger partial charge in [-0.15, -0.1) is 0 Å². The minimum Gasteiger partial charge on any atom is -0.372 e. The van der Waals surface area contributed by atoms with Crippen LogP contribution in [0.2, 0.25) is 0 Å². The fourth-order valence-electron chi connectivity index (χ4n) is 2.45. The Kier molecular flexibility index (Phi) is 4.59. The summed E-state index contributed by atoms with van der Waals surface area (Å²) in [5.41, 5.74) is 0. The Morgan fingerprint density at radius 2 is 1.94 bits per heavy atom. The summed E-state index contributed by atoms with van der Waals surface area (Å²) < 4.78 is 0. The van der Waals surface area contributed by atoms with E-state index in [2.05, 4.69) is 20.6 Å². The summed E-state index contributed by atoms with van der Waals surface area (Å²) in [4.78, 5) is 8.52. The maximum atomic E-state index is 4.39. The first-order chi connectivity index (χ1) is 8.38. The Hall–Kier alpha value is -1.32. The fourth-order valence-corrected chi connectivity index (χ4v) is 2.45. The SMILES string of the molecule is CNc1cncc(NCCC2CCCCC2)n1. The van der Waals surface area contributed by atoms with Gasteiger partial charge in [-0.3, -0.25) is 4.98 Å². The second kappa shape index (κ2) is 6.42. The molecule has 0 aliphatic heterocycles. The molecule has 0 saturated heterocycles. The van der Waals surface area contributed by atoms with E-state index in [9.17, 15) is 0 Å². The molecule has 0 atom stereocenters. The summed E-state index contributed by atoms with van der Waals surface area (Å²) in [6.07, 6.45) is 11.8. The highest BCUT2D eigenvalue weighted by atomic mass is 15.1. The molecule has 0 amide bonds. The van der Waals surface area contributed by atoms with Crippen molar-refractivity contribution in [2.24, 2.45) is 5.92 Å². The smallest absolute Gasteiger partial charge is 0.146 e. The predicted molar refractivity (Wildman–Crippen MR) is 71.3 cm³/mol. The van der Waals surface area contributed by atoms with Crippen molar-refractivity contribution in [1.29, 1.82) is 0 Å². The first-order valence-corrected chi connectivity index (χ1v) is 6.62. The normalized spacial score (nSPS) is 16.8. The number of anilines is 2. The van der Waals surface area contributed by atoms with E-state index in [0.717, 1.165) is 24.1 Å². The summed E-state index contributed by atoms with van der Waals surface area (Å²) in [5.74, 6) is 2.59. The van der Waals surface area contributed by atoms with Crippen LogP contribution in [0.1, 0.15) is 38.5 Å². The van der Waals surface area contributed by atoms with Gasteiger partial charge in [-0.25, -0.2) is 4.98 Å². The van der Waals surface area contributed by atoms with Gasteiger partial charge >= 0.3 is 0 Å². The summed E-state index contributed by atoms with van der Waals surface area (Å²) in [7, 11) is 1.86. The lowest BCUT2D eigenvalue weighted by atomic mass is 9.87. The van der Waals surface area contributed by atoms with Crippen LogP contribution in [-0.2, 0) is 0 Å². The van der Waals surface area contributed by atoms with E-state index < -0.39 is 0 Å². The molecule has 0 radical (unpaired) electrons. The lowest BCUT2D eigenvalue weighted by Gasteiger charge is -2.21. The van der Waals surface area contributed by atoms with E-state index in [4.69, 9.17) is 0 Å². The van der Waals surface area contributed by atoms with Crippen LogP contribution >= 0.6 is 0 Å². The molecule has 2 rings (SSSR count). The number of rotatable bonds is 5. The Labute approximate surface area is 103 Å². The van der Waals surface area contributed by atoms with E-state index in [1.165, 1.54) is 38.5 Å². The summed E-state index contributed by atoms with van der Waals surface area (Å²) >= 11 is 0. The van der Waals surface area contributed by atoms with E-state index in [1.54, 1.807) is 12.4 Å². The second-order valence-electron chi connectivity index (χ2n) is 4.76. The molecule has 0 bridgehead atoms. The lowest BCUT2D eigenvalue weighted by Crippen LogP contribution is -2.13. The maximum absolute atomic E-state index is 4.39. The quantitative estimate of drug-likeness (QED) is 0.822. The van der Waals surface area contributed by atoms with Crippen molar-refractivity contribution in [2.75, 3.05) is 24.2 Å². The van der Waals surface area contributed by atoms with Crippen LogP contribution in [0.3, 0.4) is 0 Å². The van der Waals surface area contributed by atoms with E-state index in [-0.39, 0.29) is 0 Å². The molecule has 1 aromatic heterocycles. The van der Waals surface area contributed by atoms with E-state index in [1.807, 2.05) is 7.05 Å². The Morgan fingerprint density at radius 1 is 1.18 bits per heavy atom. The van der Waals surface area contributed by atoms with Crippen molar-refractivity contribution in [3.8, 4) is 0 Å². The number of aromatic nitrogens is 2. The minimum absolute atomic E-state index is 0.813. The standard InChI is InChI=1S/C13H22N4/c1-14-12-9-15-10-13(17-12)16-8-7-11-5-3-2-4-6-11/h9-11H,2-8H2,1H3,(H2,14,16,17). The van der Waals surface area contributed by atoms with Crippen LogP contribution in [0.5, 0.6) is 0 Å². The Morgan fingerprint density at radius 3 is 2.71 bits per heavy atom. The molecule has 1 aromatic rings. The topological polar surface area (TPSA) is 49.8 Å². The van der Waals surface area contributed by atoms with Gasteiger partial charge in [-0.05, 0) is 12.3 Å². The van der Waals surface area contributed by atoms with Crippen molar-refractivity contribution in [3.63, 3.8) is 0 Å². The van der Waals surface area contributed by atoms with Gasteiger partial charge in [0.25, 0.3) is 0 Å². The van der Waals surface area contributed by atoms with Crippen molar-refractivity contribution in [1.82, 2.24) is 9.97 Å². The molecule has 4 nitrogen and oxygen atoms in total. The first kappa shape index (κ1) is 12.1. The number of hydrogen-bond donors (Lipinski definition) is 2. The third kappa shape index (κ3) is 3.88. The van der Waals surface area contributed by atoms with Gasteiger partial charge in [-0.1, -0.05) is 32.1 Å². The van der Waals surface area contributed by atoms with Gasteiger partial charge in [0, 0.05) is 13.6 Å². The molecular weight excluding hydrogens is 212 g/mol. The average Bonchev–Trinajstić information content (AvgIpc) is 2.40. The third-order valence-electron chi connectivity index (χ3n) is 3.47. The number of hydrogen-bond acceptors (Lipinski definition) is 4. The molecule has 17 heavy (non-hydrogen) atoms. The highest BCUT2D eigenvalue weighted by molar-refractivity contribution is 5.40. The zero-order valence-electron chi connectivity index (χ0n) is 10.6. The predicted octanol–water partition coefficient (Wildman–Crippen LogP) is 2.90. The molecule has 2 N–H and O–H groups in total. The molecule has 94 valence electrons. The highest BCUT2D eigenvalue weighted by Crippen LogP contribution is 2.26. The van der Waals surface area contributed by atoms with Crippen LogP contribution in [0.4, 0.5) is 11.6 Å². The lowest BCUT2D eigenvalue weighted by molar-refractivity contribution is 0.345. The average molecular weight is 234 g/mol. The molecule has 0 aromatic carbocycles. The van der Waals surface area contributed by atoms with Gasteiger partial charge in [-0.2, -0.15) is 0 Å². The zero-order chi connectivity index (χ0) is 11.9. The summed E-state index contributed by atoms with van der Waals surface area (Å²) in [5, 5.41) is 6.35. The van der Waals surface area contributed by atoms with Gasteiger partial charge in [0.05, 0.1) is 12.4 Å². The third-order valence-corrected chi connectivity index (χ3v) is 3.47. The molecule has 1 heterocycles. The van der Waals surface area contributed by atoms with Crippen LogP contribution in [0, 0.1) is 5.92 Å². The fraction of sp³-hybridized carbons (Fsp3) is 0.692. The maximum Gasteiger partial charge on any atom is 0.146 e. The zero-order valence-corrected chi connectivity index (χ0v) is 10.6. The second-order valence-corrected chi connectivity index (χ2v) is 4.76. The number of nitrogens with one attached hydrogen (secondary N) is 2. The van der Waals surface area contributed by atoms with Crippen LogP contribution in [0.15, 0.2) is 12.4 Å². The van der Waals surface area contributed by atoms with Gasteiger partial charge in [0.15, 0.2) is 0 Å². The van der Waals surface area contributed by atoms with Crippen LogP contribution < -0.4 is 10.6 Å². The summed E-state index contributed by atoms with van der Waals surface area (Å²) in [6, 6.07) is 0. The van der Waals surface area contributed by atoms with E-state index >= 15 is 0 Å². The minimum atomic E-state index is 0.813. The molecule has 0 spiro atoms. The van der Waals surface area contributed by atoms with Gasteiger partial charge in [0.1, 0.15) is 11.6 Å². The highest BCUT2D eigenvalue weighted by Gasteiger charge is 2.12. The number of nitrogens with zero attached hydrogens (tertiary/aromatic N) is 2. The van der Waals surface area contributed by atoms with Crippen LogP contribution in [-0.4, -0.2) is 23.6 Å². The van der Waals surface area contributed by atoms with Crippen LogP contribution in [0.25, 0.3) is 0 Å². The van der Waals surface area contributed by atoms with Gasteiger partial charge < -0.3 is 10.6 Å². The van der Waals surface area contributed by atoms with Crippen molar-refractivity contribution >= 4 is 11.6 Å². The van der Waals surface area contributed by atoms with Crippen molar-refractivity contribution < 1.29 is 0 Å². The Bertz CT molecular complexity index is 334. The molecular formula is C13H22N4. The molecule has 1 saturated carbocycles. The summed E-state index contributed by atoms with van der Waals surface area (Å²) in [6.45, 7) is 1.01. The Balaban J connectivity index is 1.73. The van der Waals surface area contributed by atoms with Crippen molar-refractivity contribution in [2.45, 2.75) is 38.5 Å². The van der Waals surface area contributed by atoms with E-state index in [0.29, 0.717) is 0 Å². The first-order valence-electron chi connectivity index (χ1n) is 6.62. The largest absolute Gasteiger partial charge is 0.372 e. The molecule has 1 fully saturated rings. The molecule has 1 aliphatic carbocycles. The monoisotopic (exact) mass is 234 g/mol. The van der Waals surface area contributed by atoms with Crippen molar-refractivity contribution in [3.05, 3.63) is 12.4 Å². The molecule has 0 unspecified atom stereocenters. The molecule has 4 heteroatoms. The molecule has 1 aliphatic rings.